The summed E-state index contributed by atoms with van der Waals surface area (Å²) in [7, 11) is 0. The lowest BCUT2D eigenvalue weighted by Crippen LogP contribution is -2.38. The van der Waals surface area contributed by atoms with Crippen LogP contribution in [0.5, 0.6) is 5.75 Å². The van der Waals surface area contributed by atoms with Gasteiger partial charge in [0.25, 0.3) is 0 Å². The van der Waals surface area contributed by atoms with Crippen molar-refractivity contribution in [2.45, 2.75) is 39.4 Å². The maximum absolute atomic E-state index is 10.4. The topological polar surface area (TPSA) is 65.9 Å². The number of hydrogen-bond donors (Lipinski definition) is 3. The van der Waals surface area contributed by atoms with Crippen molar-refractivity contribution in [2.75, 3.05) is 31.6 Å². The summed E-state index contributed by atoms with van der Waals surface area (Å²) in [6.07, 6.45) is 2.65. The van der Waals surface area contributed by atoms with Crippen molar-refractivity contribution in [1.82, 2.24) is 10.6 Å². The Balaban J connectivity index is 2.60. The minimum absolute atomic E-state index is 0.112. The fourth-order valence-corrected chi connectivity index (χ4v) is 2.55. The average molecular weight is 354 g/mol. The molecule has 0 aromatic heterocycles. The molecule has 136 valence electrons. The van der Waals surface area contributed by atoms with Crippen LogP contribution >= 0.6 is 11.8 Å². The fourth-order valence-electron chi connectivity index (χ4n) is 2.12. The van der Waals surface area contributed by atoms with Crippen LogP contribution in [0.1, 0.15) is 38.9 Å². The Morgan fingerprint density at radius 3 is 2.79 bits per heavy atom. The molecule has 3 N–H and O–H groups in total. The maximum atomic E-state index is 10.4. The molecule has 0 heterocycles. The van der Waals surface area contributed by atoms with Crippen LogP contribution in [0, 0.1) is 0 Å². The molecule has 5 nitrogen and oxygen atoms in total. The van der Waals surface area contributed by atoms with E-state index in [9.17, 15) is 5.11 Å². The zero-order valence-corrected chi connectivity index (χ0v) is 16.0. The van der Waals surface area contributed by atoms with Crippen molar-refractivity contribution in [3.05, 3.63) is 29.8 Å². The normalized spacial score (nSPS) is 13.0. The SMILES string of the molecule is CCNC(=NCC(O)c1cccc(OC(C)C)c1)NCCCSC. The summed E-state index contributed by atoms with van der Waals surface area (Å²) in [6, 6.07) is 7.56. The van der Waals surface area contributed by atoms with Crippen molar-refractivity contribution in [1.29, 1.82) is 0 Å². The highest BCUT2D eigenvalue weighted by Gasteiger charge is 2.09. The molecule has 0 radical (unpaired) electrons. The van der Waals surface area contributed by atoms with E-state index in [1.54, 1.807) is 0 Å². The molecular formula is C18H31N3O2S. The van der Waals surface area contributed by atoms with E-state index in [1.165, 1.54) is 0 Å². The van der Waals surface area contributed by atoms with Gasteiger partial charge in [-0.05, 0) is 56.9 Å². The molecule has 0 aliphatic carbocycles. The van der Waals surface area contributed by atoms with Crippen molar-refractivity contribution in [2.24, 2.45) is 4.99 Å². The first kappa shape index (κ1) is 20.6. The summed E-state index contributed by atoms with van der Waals surface area (Å²) in [6.45, 7) is 7.98. The fraction of sp³-hybridized carbons (Fsp3) is 0.611. The van der Waals surface area contributed by atoms with Crippen LogP contribution in [-0.4, -0.2) is 48.8 Å². The summed E-state index contributed by atoms with van der Waals surface area (Å²) in [5, 5.41) is 16.9. The molecule has 0 aliphatic rings. The highest BCUT2D eigenvalue weighted by molar-refractivity contribution is 7.98. The van der Waals surface area contributed by atoms with Crippen LogP contribution in [0.25, 0.3) is 0 Å². The van der Waals surface area contributed by atoms with Crippen LogP contribution in [0.15, 0.2) is 29.3 Å². The summed E-state index contributed by atoms with van der Waals surface area (Å²) in [5.74, 6) is 2.64. The van der Waals surface area contributed by atoms with E-state index >= 15 is 0 Å². The molecule has 1 aromatic rings. The highest BCUT2D eigenvalue weighted by atomic mass is 32.2. The standard InChI is InChI=1S/C18H31N3O2S/c1-5-19-18(20-10-7-11-24-4)21-13-17(22)15-8-6-9-16(12-15)23-14(2)3/h6,8-9,12,14,17,22H,5,7,10-11,13H2,1-4H3,(H2,19,20,21). The lowest BCUT2D eigenvalue weighted by atomic mass is 10.1. The Hall–Kier alpha value is -1.40. The van der Waals surface area contributed by atoms with E-state index in [1.807, 2.05) is 56.8 Å². The molecule has 1 aromatic carbocycles. The molecule has 0 saturated carbocycles. The molecule has 24 heavy (non-hydrogen) atoms. The summed E-state index contributed by atoms with van der Waals surface area (Å²) in [4.78, 5) is 4.47. The van der Waals surface area contributed by atoms with Crippen LogP contribution in [-0.2, 0) is 0 Å². The van der Waals surface area contributed by atoms with Crippen molar-refractivity contribution < 1.29 is 9.84 Å². The second-order valence-corrected chi connectivity index (χ2v) is 6.73. The Labute approximate surface area is 150 Å². The number of nitrogens with one attached hydrogen (secondary N) is 2. The predicted octanol–water partition coefficient (Wildman–Crippen LogP) is 2.82. The third kappa shape index (κ3) is 8.45. The number of ether oxygens (including phenoxy) is 1. The van der Waals surface area contributed by atoms with Gasteiger partial charge in [-0.15, -0.1) is 0 Å². The van der Waals surface area contributed by atoms with Gasteiger partial charge < -0.3 is 20.5 Å². The third-order valence-corrected chi connectivity index (χ3v) is 3.90. The first-order valence-corrected chi connectivity index (χ1v) is 9.92. The van der Waals surface area contributed by atoms with Gasteiger partial charge in [-0.2, -0.15) is 11.8 Å². The molecular weight excluding hydrogens is 322 g/mol. The zero-order valence-electron chi connectivity index (χ0n) is 15.2. The monoisotopic (exact) mass is 353 g/mol. The van der Waals surface area contributed by atoms with E-state index in [2.05, 4.69) is 21.9 Å². The van der Waals surface area contributed by atoms with E-state index in [0.29, 0.717) is 6.54 Å². The zero-order chi connectivity index (χ0) is 17.8. The number of guanidine groups is 1. The molecule has 0 bridgehead atoms. The van der Waals surface area contributed by atoms with Gasteiger partial charge in [0.15, 0.2) is 5.96 Å². The van der Waals surface area contributed by atoms with Crippen molar-refractivity contribution in [3.63, 3.8) is 0 Å². The van der Waals surface area contributed by atoms with Gasteiger partial charge in [0.1, 0.15) is 5.75 Å². The molecule has 0 aliphatic heterocycles. The third-order valence-electron chi connectivity index (χ3n) is 3.20. The first-order chi connectivity index (χ1) is 11.6. The number of benzene rings is 1. The highest BCUT2D eigenvalue weighted by Crippen LogP contribution is 2.20. The van der Waals surface area contributed by atoms with E-state index in [4.69, 9.17) is 4.74 Å². The second-order valence-electron chi connectivity index (χ2n) is 5.75. The Morgan fingerprint density at radius 2 is 2.12 bits per heavy atom. The van der Waals surface area contributed by atoms with Gasteiger partial charge in [0, 0.05) is 13.1 Å². The largest absolute Gasteiger partial charge is 0.491 e. The molecule has 0 amide bonds. The van der Waals surface area contributed by atoms with E-state index in [-0.39, 0.29) is 6.10 Å². The van der Waals surface area contributed by atoms with Gasteiger partial charge in [-0.25, -0.2) is 0 Å². The summed E-state index contributed by atoms with van der Waals surface area (Å²) in [5.41, 5.74) is 0.815. The average Bonchev–Trinajstić information content (AvgIpc) is 2.55. The minimum atomic E-state index is -0.651. The second kappa shape index (κ2) is 12.0. The van der Waals surface area contributed by atoms with Crippen LogP contribution < -0.4 is 15.4 Å². The number of hydrogen-bond acceptors (Lipinski definition) is 4. The Morgan fingerprint density at radius 1 is 1.33 bits per heavy atom. The quantitative estimate of drug-likeness (QED) is 0.343. The van der Waals surface area contributed by atoms with Crippen molar-refractivity contribution >= 4 is 17.7 Å². The smallest absolute Gasteiger partial charge is 0.191 e. The molecule has 1 unspecified atom stereocenters. The van der Waals surface area contributed by atoms with Crippen LogP contribution in [0.4, 0.5) is 0 Å². The number of aliphatic hydroxyl groups excluding tert-OH is 1. The lowest BCUT2D eigenvalue weighted by Gasteiger charge is -2.15. The minimum Gasteiger partial charge on any atom is -0.491 e. The number of thioether (sulfide) groups is 1. The number of nitrogens with zero attached hydrogens (tertiary/aromatic N) is 1. The summed E-state index contributed by atoms with van der Waals surface area (Å²) < 4.78 is 5.67. The molecule has 0 saturated heterocycles. The maximum Gasteiger partial charge on any atom is 0.191 e. The lowest BCUT2D eigenvalue weighted by molar-refractivity contribution is 0.185. The number of aliphatic imine (C=N–C) groups is 1. The van der Waals surface area contributed by atoms with Crippen molar-refractivity contribution in [3.8, 4) is 5.75 Å². The molecule has 1 atom stereocenters. The summed E-state index contributed by atoms with van der Waals surface area (Å²) >= 11 is 1.84. The molecule has 0 spiro atoms. The van der Waals surface area contributed by atoms with Crippen LogP contribution in [0.2, 0.25) is 0 Å². The molecule has 6 heteroatoms. The number of aliphatic hydroxyl groups is 1. The molecule has 1 rings (SSSR count). The Kier molecular flexibility index (Phi) is 10.4. The van der Waals surface area contributed by atoms with Gasteiger partial charge in [0.05, 0.1) is 18.8 Å². The van der Waals surface area contributed by atoms with Gasteiger partial charge >= 0.3 is 0 Å². The van der Waals surface area contributed by atoms with Gasteiger partial charge in [0.2, 0.25) is 0 Å². The van der Waals surface area contributed by atoms with Gasteiger partial charge in [-0.3, -0.25) is 4.99 Å². The number of rotatable bonds is 10. The van der Waals surface area contributed by atoms with E-state index in [0.717, 1.165) is 42.5 Å². The van der Waals surface area contributed by atoms with Gasteiger partial charge in [-0.1, -0.05) is 12.1 Å². The van der Waals surface area contributed by atoms with Crippen LogP contribution in [0.3, 0.4) is 0 Å². The predicted molar refractivity (Wildman–Crippen MR) is 104 cm³/mol. The Bertz CT molecular complexity index is 495. The van der Waals surface area contributed by atoms with E-state index < -0.39 is 6.10 Å². The first-order valence-electron chi connectivity index (χ1n) is 8.52. The molecule has 0 fully saturated rings.